The monoisotopic (exact) mass is 440 g/mol. The highest BCUT2D eigenvalue weighted by Gasteiger charge is 2.15. The molecule has 0 aliphatic rings. The summed E-state index contributed by atoms with van der Waals surface area (Å²) in [7, 11) is 1.55. The summed E-state index contributed by atoms with van der Waals surface area (Å²) in [6.07, 6.45) is 3.99. The van der Waals surface area contributed by atoms with E-state index in [2.05, 4.69) is 17.6 Å². The van der Waals surface area contributed by atoms with E-state index in [1.807, 2.05) is 24.3 Å². The summed E-state index contributed by atoms with van der Waals surface area (Å²) in [5, 5.41) is 9.73. The minimum absolute atomic E-state index is 0.250. The van der Waals surface area contributed by atoms with Gasteiger partial charge in [-0.15, -0.1) is 6.58 Å². The molecule has 0 amide bonds. The van der Waals surface area contributed by atoms with Crippen molar-refractivity contribution in [1.29, 1.82) is 5.26 Å². The average molecular weight is 440 g/mol. The fraction of sp³-hybridized carbons (Fsp3) is 0.111. The molecule has 0 N–H and O–H groups in total. The second-order valence-electron chi connectivity index (χ2n) is 7.28. The van der Waals surface area contributed by atoms with Crippen molar-refractivity contribution in [1.82, 2.24) is 4.98 Å². The summed E-state index contributed by atoms with van der Waals surface area (Å²) < 4.78 is 30.5. The third-order valence-electron chi connectivity index (χ3n) is 4.99. The van der Waals surface area contributed by atoms with Crippen LogP contribution in [-0.4, -0.2) is 12.1 Å². The number of fused-ring (bicyclic) bond motifs is 1. The van der Waals surface area contributed by atoms with Crippen molar-refractivity contribution in [2.24, 2.45) is 0 Å². The molecule has 0 atom stereocenters. The number of hydrogen-bond donors (Lipinski definition) is 0. The molecule has 5 nitrogen and oxygen atoms in total. The highest BCUT2D eigenvalue weighted by atomic mass is 19.1. The quantitative estimate of drug-likeness (QED) is 0.236. The maximum Gasteiger partial charge on any atom is 0.238 e. The van der Waals surface area contributed by atoms with Gasteiger partial charge in [-0.1, -0.05) is 30.3 Å². The first-order chi connectivity index (χ1) is 16.1. The summed E-state index contributed by atoms with van der Waals surface area (Å²) in [6.45, 7) is 4.08. The number of allylic oxidation sites excluding steroid dienone is 2. The van der Waals surface area contributed by atoms with Gasteiger partial charge in [-0.25, -0.2) is 9.37 Å². The molecule has 4 aromatic rings. The van der Waals surface area contributed by atoms with E-state index in [4.69, 9.17) is 13.9 Å². The average Bonchev–Trinajstić information content (AvgIpc) is 3.27. The van der Waals surface area contributed by atoms with Crippen molar-refractivity contribution in [3.05, 3.63) is 102 Å². The Labute approximate surface area is 191 Å². The number of methoxy groups -OCH3 is 1. The lowest BCUT2D eigenvalue weighted by Crippen LogP contribution is -2.02. The second kappa shape index (κ2) is 9.84. The lowest BCUT2D eigenvalue weighted by atomic mass is 10.0. The number of rotatable bonds is 8. The standard InChI is InChI=1S/C27H21FN2O3/c1-3-6-20-13-19(14-21(16-29)27-30-23-7-4-5-8-24(23)33-27)15-25(31-2)26(20)32-17-18-9-11-22(28)12-10-18/h3-5,7-15H,1,6,17H2,2H3/b21-14+. The van der Waals surface area contributed by atoms with Gasteiger partial charge in [-0.05, 0) is 60.0 Å². The minimum atomic E-state index is -0.299. The van der Waals surface area contributed by atoms with Gasteiger partial charge < -0.3 is 13.9 Å². The maximum atomic E-state index is 13.2. The van der Waals surface area contributed by atoms with E-state index in [9.17, 15) is 9.65 Å². The van der Waals surface area contributed by atoms with Gasteiger partial charge in [0.15, 0.2) is 17.1 Å². The van der Waals surface area contributed by atoms with Gasteiger partial charge >= 0.3 is 0 Å². The number of hydrogen-bond acceptors (Lipinski definition) is 5. The number of nitrogens with zero attached hydrogens (tertiary/aromatic N) is 2. The highest BCUT2D eigenvalue weighted by molar-refractivity contribution is 5.89. The summed E-state index contributed by atoms with van der Waals surface area (Å²) in [4.78, 5) is 4.41. The zero-order valence-electron chi connectivity index (χ0n) is 18.0. The third kappa shape index (κ3) is 4.94. The van der Waals surface area contributed by atoms with Crippen LogP contribution in [-0.2, 0) is 13.0 Å². The topological polar surface area (TPSA) is 68.3 Å². The van der Waals surface area contributed by atoms with Crippen molar-refractivity contribution in [3.63, 3.8) is 0 Å². The van der Waals surface area contributed by atoms with Crippen molar-refractivity contribution >= 4 is 22.7 Å². The molecule has 0 aliphatic carbocycles. The van der Waals surface area contributed by atoms with Crippen LogP contribution in [0, 0.1) is 17.1 Å². The van der Waals surface area contributed by atoms with Gasteiger partial charge in [-0.3, -0.25) is 0 Å². The van der Waals surface area contributed by atoms with Crippen LogP contribution in [0.15, 0.2) is 77.7 Å². The molecule has 3 aromatic carbocycles. The summed E-state index contributed by atoms with van der Waals surface area (Å²) >= 11 is 0. The van der Waals surface area contributed by atoms with Crippen molar-refractivity contribution in [3.8, 4) is 17.6 Å². The largest absolute Gasteiger partial charge is 0.493 e. The first kappa shape index (κ1) is 21.8. The first-order valence-corrected chi connectivity index (χ1v) is 10.3. The number of nitriles is 1. The smallest absolute Gasteiger partial charge is 0.238 e. The molecule has 0 saturated carbocycles. The van der Waals surface area contributed by atoms with Crippen LogP contribution in [0.2, 0.25) is 0 Å². The molecule has 6 heteroatoms. The van der Waals surface area contributed by atoms with E-state index in [0.717, 1.165) is 16.7 Å². The lowest BCUT2D eigenvalue weighted by Gasteiger charge is -2.16. The fourth-order valence-electron chi connectivity index (χ4n) is 3.42. The number of para-hydroxylation sites is 2. The number of halogens is 1. The van der Waals surface area contributed by atoms with Crippen LogP contribution in [0.1, 0.15) is 22.6 Å². The Kier molecular flexibility index (Phi) is 6.51. The molecule has 0 unspecified atom stereocenters. The molecular weight excluding hydrogens is 419 g/mol. The molecule has 4 rings (SSSR count). The first-order valence-electron chi connectivity index (χ1n) is 10.3. The molecule has 164 valence electrons. The van der Waals surface area contributed by atoms with Crippen molar-refractivity contribution in [2.75, 3.05) is 7.11 Å². The van der Waals surface area contributed by atoms with E-state index in [-0.39, 0.29) is 23.9 Å². The zero-order chi connectivity index (χ0) is 23.2. The van der Waals surface area contributed by atoms with Gasteiger partial charge in [0.05, 0.1) is 7.11 Å². The molecule has 0 bridgehead atoms. The van der Waals surface area contributed by atoms with Gasteiger partial charge in [0.1, 0.15) is 29.6 Å². The molecule has 0 radical (unpaired) electrons. The SMILES string of the molecule is C=CCc1cc(/C=C(\C#N)c2nc3ccccc3o2)cc(OC)c1OCc1ccc(F)cc1. The number of ether oxygens (including phenoxy) is 2. The van der Waals surface area contributed by atoms with Gasteiger partial charge in [0, 0.05) is 5.56 Å². The van der Waals surface area contributed by atoms with Crippen molar-refractivity contribution < 1.29 is 18.3 Å². The lowest BCUT2D eigenvalue weighted by molar-refractivity contribution is 0.282. The molecule has 0 aliphatic heterocycles. The van der Waals surface area contributed by atoms with E-state index >= 15 is 0 Å². The zero-order valence-corrected chi connectivity index (χ0v) is 18.0. The molecule has 33 heavy (non-hydrogen) atoms. The Hall–Kier alpha value is -4.37. The molecule has 0 spiro atoms. The number of benzene rings is 3. The van der Waals surface area contributed by atoms with E-state index in [1.54, 1.807) is 43.5 Å². The Morgan fingerprint density at radius 2 is 1.97 bits per heavy atom. The summed E-state index contributed by atoms with van der Waals surface area (Å²) in [5.74, 6) is 1.03. The number of oxazole rings is 1. The van der Waals surface area contributed by atoms with Crippen LogP contribution >= 0.6 is 0 Å². The van der Waals surface area contributed by atoms with Crippen LogP contribution in [0.3, 0.4) is 0 Å². The van der Waals surface area contributed by atoms with Crippen LogP contribution in [0.4, 0.5) is 4.39 Å². The van der Waals surface area contributed by atoms with Gasteiger partial charge in [0.25, 0.3) is 0 Å². The fourth-order valence-corrected chi connectivity index (χ4v) is 3.42. The third-order valence-corrected chi connectivity index (χ3v) is 4.99. The highest BCUT2D eigenvalue weighted by Crippen LogP contribution is 2.35. The summed E-state index contributed by atoms with van der Waals surface area (Å²) in [5.41, 5.74) is 3.99. The summed E-state index contributed by atoms with van der Waals surface area (Å²) in [6, 6.07) is 19.3. The maximum absolute atomic E-state index is 13.2. The Bertz CT molecular complexity index is 1330. The molecule has 1 aromatic heterocycles. The Morgan fingerprint density at radius 3 is 2.67 bits per heavy atom. The van der Waals surface area contributed by atoms with Crippen molar-refractivity contribution in [2.45, 2.75) is 13.0 Å². The Morgan fingerprint density at radius 1 is 1.18 bits per heavy atom. The molecule has 0 saturated heterocycles. The second-order valence-corrected chi connectivity index (χ2v) is 7.28. The van der Waals surface area contributed by atoms with E-state index < -0.39 is 0 Å². The molecule has 1 heterocycles. The van der Waals surface area contributed by atoms with Crippen LogP contribution in [0.5, 0.6) is 11.5 Å². The van der Waals surface area contributed by atoms with Crippen LogP contribution < -0.4 is 9.47 Å². The predicted octanol–water partition coefficient (Wildman–Crippen LogP) is 6.35. The van der Waals surface area contributed by atoms with Crippen LogP contribution in [0.25, 0.3) is 22.7 Å². The Balaban J connectivity index is 1.69. The number of aromatic nitrogens is 1. The molecular formula is C27H21FN2O3. The van der Waals surface area contributed by atoms with E-state index in [0.29, 0.717) is 29.0 Å². The minimum Gasteiger partial charge on any atom is -0.493 e. The van der Waals surface area contributed by atoms with Gasteiger partial charge in [-0.2, -0.15) is 5.26 Å². The molecule has 0 fully saturated rings. The normalized spacial score (nSPS) is 11.2. The predicted molar refractivity (Wildman–Crippen MR) is 125 cm³/mol. The van der Waals surface area contributed by atoms with Gasteiger partial charge in [0.2, 0.25) is 5.89 Å². The van der Waals surface area contributed by atoms with E-state index in [1.165, 1.54) is 12.1 Å².